The van der Waals surface area contributed by atoms with Crippen LogP contribution in [0.1, 0.15) is 41.7 Å². The van der Waals surface area contributed by atoms with Crippen molar-refractivity contribution in [3.8, 4) is 16.5 Å². The van der Waals surface area contributed by atoms with Crippen molar-refractivity contribution < 1.29 is 22.7 Å². The van der Waals surface area contributed by atoms with E-state index in [1.54, 1.807) is 24.5 Å². The van der Waals surface area contributed by atoms with E-state index < -0.39 is 15.6 Å². The Labute approximate surface area is 206 Å². The molecule has 0 bridgehead atoms. The summed E-state index contributed by atoms with van der Waals surface area (Å²) in [5.41, 5.74) is 0.584. The third kappa shape index (κ3) is 5.11. The first-order valence-electron chi connectivity index (χ1n) is 11.2. The summed E-state index contributed by atoms with van der Waals surface area (Å²) >= 11 is 1.19. The maximum atomic E-state index is 13.2. The standard InChI is InChI=1S/C22H24N6O5S2/c1-2-33-19-12-23-10-16(26-19)17-11-25-21(34-17)20(29)27-22(6-8-32-13-22)18-9-14(5-7-24-18)28-35(30,31)15-3-4-15/h5,7,9-12,15H,2-4,6,8,13H2,1H3,(H,24,28)(H,27,29)/t22-/m1/s1. The van der Waals surface area contributed by atoms with Gasteiger partial charge in [0.2, 0.25) is 15.9 Å². The lowest BCUT2D eigenvalue weighted by Crippen LogP contribution is -2.47. The van der Waals surface area contributed by atoms with Gasteiger partial charge >= 0.3 is 0 Å². The van der Waals surface area contributed by atoms with Crippen molar-refractivity contribution in [3.63, 3.8) is 0 Å². The maximum Gasteiger partial charge on any atom is 0.281 e. The van der Waals surface area contributed by atoms with Crippen molar-refractivity contribution in [2.24, 2.45) is 0 Å². The first kappa shape index (κ1) is 23.6. The van der Waals surface area contributed by atoms with Crippen molar-refractivity contribution in [2.75, 3.05) is 24.5 Å². The molecule has 1 saturated carbocycles. The number of hydrogen-bond acceptors (Lipinski definition) is 10. The third-order valence-corrected chi connectivity index (χ3v) is 8.59. The summed E-state index contributed by atoms with van der Waals surface area (Å²) in [7, 11) is -3.42. The molecule has 184 valence electrons. The van der Waals surface area contributed by atoms with Crippen LogP contribution >= 0.6 is 11.3 Å². The number of thiazole rings is 1. The fourth-order valence-corrected chi connectivity index (χ4v) is 5.91. The number of sulfonamides is 1. The molecule has 5 rings (SSSR count). The van der Waals surface area contributed by atoms with Gasteiger partial charge in [0, 0.05) is 25.4 Å². The molecule has 0 aromatic carbocycles. The highest BCUT2D eigenvalue weighted by atomic mass is 32.2. The van der Waals surface area contributed by atoms with Crippen LogP contribution in [0, 0.1) is 0 Å². The number of nitrogens with one attached hydrogen (secondary N) is 2. The van der Waals surface area contributed by atoms with E-state index in [1.165, 1.54) is 23.7 Å². The number of rotatable bonds is 9. The fraction of sp³-hybridized carbons (Fsp3) is 0.409. The van der Waals surface area contributed by atoms with Gasteiger partial charge in [-0.25, -0.2) is 18.4 Å². The molecule has 1 amide bonds. The van der Waals surface area contributed by atoms with E-state index in [2.05, 4.69) is 30.0 Å². The molecular formula is C22H24N6O5S2. The van der Waals surface area contributed by atoms with Gasteiger partial charge in [-0.1, -0.05) is 0 Å². The van der Waals surface area contributed by atoms with E-state index in [-0.39, 0.29) is 22.8 Å². The van der Waals surface area contributed by atoms with Crippen molar-refractivity contribution in [2.45, 2.75) is 37.0 Å². The smallest absolute Gasteiger partial charge is 0.281 e. The molecule has 13 heteroatoms. The van der Waals surface area contributed by atoms with Crippen LogP contribution in [-0.4, -0.2) is 59.3 Å². The average molecular weight is 517 g/mol. The second kappa shape index (κ2) is 9.47. The molecule has 1 aliphatic carbocycles. The lowest BCUT2D eigenvalue weighted by Gasteiger charge is -2.28. The summed E-state index contributed by atoms with van der Waals surface area (Å²) in [6, 6.07) is 3.25. The SMILES string of the molecule is CCOc1cncc(-c2cnc(C(=O)N[C@]3(c4cc(NS(=O)(=O)C5CC5)ccn4)CCOC3)s2)n1. The number of ether oxygens (including phenoxy) is 2. The average Bonchev–Trinajstić information content (AvgIpc) is 3.41. The topological polar surface area (TPSA) is 145 Å². The Kier molecular flexibility index (Phi) is 6.38. The molecule has 2 N–H and O–H groups in total. The van der Waals surface area contributed by atoms with E-state index in [0.717, 1.165) is 0 Å². The van der Waals surface area contributed by atoms with Crippen LogP contribution in [0.5, 0.6) is 5.88 Å². The molecule has 4 heterocycles. The molecule has 2 fully saturated rings. The number of nitrogens with zero attached hydrogens (tertiary/aromatic N) is 4. The predicted octanol–water partition coefficient (Wildman–Crippen LogP) is 2.34. The molecule has 0 spiro atoms. The monoisotopic (exact) mass is 516 g/mol. The number of pyridine rings is 1. The van der Waals surface area contributed by atoms with Crippen LogP contribution in [0.15, 0.2) is 36.9 Å². The number of amides is 1. The number of aromatic nitrogens is 4. The van der Waals surface area contributed by atoms with E-state index in [4.69, 9.17) is 9.47 Å². The van der Waals surface area contributed by atoms with Crippen LogP contribution < -0.4 is 14.8 Å². The van der Waals surface area contributed by atoms with Gasteiger partial charge in [0.15, 0.2) is 5.01 Å². The minimum Gasteiger partial charge on any atom is -0.477 e. The zero-order chi connectivity index (χ0) is 24.5. The second-order valence-corrected chi connectivity index (χ2v) is 11.3. The first-order chi connectivity index (χ1) is 16.9. The molecule has 0 radical (unpaired) electrons. The maximum absolute atomic E-state index is 13.2. The molecule has 11 nitrogen and oxygen atoms in total. The van der Waals surface area contributed by atoms with E-state index in [1.807, 2.05) is 6.92 Å². The lowest BCUT2D eigenvalue weighted by atomic mass is 9.93. The molecule has 3 aromatic rings. The van der Waals surface area contributed by atoms with Gasteiger partial charge in [0.05, 0.1) is 47.1 Å². The molecule has 35 heavy (non-hydrogen) atoms. The lowest BCUT2D eigenvalue weighted by molar-refractivity contribution is 0.0872. The van der Waals surface area contributed by atoms with Crippen LogP contribution in [-0.2, 0) is 20.3 Å². The van der Waals surface area contributed by atoms with Crippen molar-refractivity contribution >= 4 is 33.0 Å². The van der Waals surface area contributed by atoms with E-state index in [9.17, 15) is 13.2 Å². The molecular weight excluding hydrogens is 492 g/mol. The molecule has 1 atom stereocenters. The Balaban J connectivity index is 1.36. The Morgan fingerprint density at radius 2 is 2.14 bits per heavy atom. The van der Waals surface area contributed by atoms with Crippen LogP contribution in [0.4, 0.5) is 5.69 Å². The minimum atomic E-state index is -3.42. The van der Waals surface area contributed by atoms with Crippen LogP contribution in [0.2, 0.25) is 0 Å². The number of carbonyl (C=O) groups excluding carboxylic acids is 1. The highest BCUT2D eigenvalue weighted by Crippen LogP contribution is 2.34. The Hall–Kier alpha value is -3.16. The zero-order valence-electron chi connectivity index (χ0n) is 18.9. The summed E-state index contributed by atoms with van der Waals surface area (Å²) in [4.78, 5) is 31.1. The van der Waals surface area contributed by atoms with Crippen molar-refractivity contribution in [1.82, 2.24) is 25.3 Å². The van der Waals surface area contributed by atoms with Gasteiger partial charge in [-0.15, -0.1) is 11.3 Å². The highest BCUT2D eigenvalue weighted by Gasteiger charge is 2.41. The summed E-state index contributed by atoms with van der Waals surface area (Å²) in [5, 5.41) is 2.93. The number of hydrogen-bond donors (Lipinski definition) is 2. The van der Waals surface area contributed by atoms with Crippen LogP contribution in [0.25, 0.3) is 10.6 Å². The van der Waals surface area contributed by atoms with Crippen molar-refractivity contribution in [1.29, 1.82) is 0 Å². The van der Waals surface area contributed by atoms with Gasteiger partial charge in [0.1, 0.15) is 11.2 Å². The summed E-state index contributed by atoms with van der Waals surface area (Å²) < 4.78 is 38.4. The Morgan fingerprint density at radius 3 is 2.89 bits per heavy atom. The molecule has 1 saturated heterocycles. The Morgan fingerprint density at radius 1 is 1.29 bits per heavy atom. The first-order valence-corrected chi connectivity index (χ1v) is 13.5. The summed E-state index contributed by atoms with van der Waals surface area (Å²) in [6.07, 6.45) is 8.03. The minimum absolute atomic E-state index is 0.213. The second-order valence-electron chi connectivity index (χ2n) is 8.32. The normalized spacial score (nSPS) is 19.9. The highest BCUT2D eigenvalue weighted by molar-refractivity contribution is 7.93. The predicted molar refractivity (Wildman–Crippen MR) is 129 cm³/mol. The van der Waals surface area contributed by atoms with E-state index in [0.29, 0.717) is 60.3 Å². The van der Waals surface area contributed by atoms with Crippen molar-refractivity contribution in [3.05, 3.63) is 47.6 Å². The van der Waals surface area contributed by atoms with Gasteiger partial charge in [-0.3, -0.25) is 19.5 Å². The molecule has 3 aromatic heterocycles. The molecule has 0 unspecified atom stereocenters. The molecule has 2 aliphatic rings. The number of carbonyl (C=O) groups is 1. The third-order valence-electron chi connectivity index (χ3n) is 5.71. The van der Waals surface area contributed by atoms with Gasteiger partial charge < -0.3 is 14.8 Å². The van der Waals surface area contributed by atoms with Gasteiger partial charge in [0.25, 0.3) is 5.91 Å². The largest absolute Gasteiger partial charge is 0.477 e. The zero-order valence-corrected chi connectivity index (χ0v) is 20.6. The molecule has 1 aliphatic heterocycles. The summed E-state index contributed by atoms with van der Waals surface area (Å²) in [6.45, 7) is 2.97. The summed E-state index contributed by atoms with van der Waals surface area (Å²) in [5.74, 6) is 0.0150. The van der Waals surface area contributed by atoms with Gasteiger partial charge in [-0.05, 0) is 31.9 Å². The fourth-order valence-electron chi connectivity index (χ4n) is 3.76. The number of anilines is 1. The quantitative estimate of drug-likeness (QED) is 0.438. The van der Waals surface area contributed by atoms with Gasteiger partial charge in [-0.2, -0.15) is 0 Å². The van der Waals surface area contributed by atoms with Crippen LogP contribution in [0.3, 0.4) is 0 Å². The van der Waals surface area contributed by atoms with E-state index >= 15 is 0 Å². The Bertz CT molecular complexity index is 1340.